The second-order valence-corrected chi connectivity index (χ2v) is 14.6. The van der Waals surface area contributed by atoms with Gasteiger partial charge in [-0.25, -0.2) is 8.42 Å². The van der Waals surface area contributed by atoms with Crippen molar-refractivity contribution in [2.45, 2.75) is 44.4 Å². The SMILES string of the molecule is N=C(N)c1ccc(CNC(=O)[C@H]2CC(=O)[C@H](CS(=O)(=O)Cc3ccccc3)Cc3ccc(cc3)OCCCCOc3ccc(cc3)C2)cc1. The Morgan fingerprint density at radius 3 is 1.90 bits per heavy atom. The summed E-state index contributed by atoms with van der Waals surface area (Å²) in [6.45, 7) is 1.30. The Morgan fingerprint density at radius 2 is 1.33 bits per heavy atom. The van der Waals surface area contributed by atoms with Crippen molar-refractivity contribution >= 4 is 27.4 Å². The summed E-state index contributed by atoms with van der Waals surface area (Å²) in [7, 11) is -3.68. The van der Waals surface area contributed by atoms with Crippen LogP contribution in [-0.2, 0) is 44.6 Å². The van der Waals surface area contributed by atoms with Gasteiger partial charge in [0.15, 0.2) is 9.84 Å². The number of sulfone groups is 1. The molecule has 0 saturated heterocycles. The lowest BCUT2D eigenvalue weighted by atomic mass is 9.87. The van der Waals surface area contributed by atoms with Crippen LogP contribution >= 0.6 is 0 Å². The van der Waals surface area contributed by atoms with E-state index in [9.17, 15) is 18.0 Å². The fourth-order valence-electron chi connectivity index (χ4n) is 5.86. The molecule has 256 valence electrons. The molecule has 0 spiro atoms. The zero-order valence-corrected chi connectivity index (χ0v) is 28.3. The lowest BCUT2D eigenvalue weighted by Gasteiger charge is -2.21. The Labute approximate surface area is 288 Å². The molecule has 1 amide bonds. The van der Waals surface area contributed by atoms with Crippen LogP contribution in [0.4, 0.5) is 0 Å². The number of hydrogen-bond donors (Lipinski definition) is 3. The Hall–Kier alpha value is -4.96. The van der Waals surface area contributed by atoms with Crippen molar-refractivity contribution in [3.63, 3.8) is 0 Å². The molecule has 8 rings (SSSR count). The van der Waals surface area contributed by atoms with E-state index in [0.717, 1.165) is 29.5 Å². The average molecular weight is 682 g/mol. The van der Waals surface area contributed by atoms with Gasteiger partial charge in [-0.05, 0) is 72.2 Å². The van der Waals surface area contributed by atoms with Crippen molar-refractivity contribution < 1.29 is 27.5 Å². The summed E-state index contributed by atoms with van der Waals surface area (Å²) in [5, 5.41) is 10.6. The Bertz CT molecular complexity index is 1810. The molecule has 4 bridgehead atoms. The highest BCUT2D eigenvalue weighted by Gasteiger charge is 2.30. The Kier molecular flexibility index (Phi) is 12.2. The van der Waals surface area contributed by atoms with Crippen molar-refractivity contribution in [1.29, 1.82) is 5.41 Å². The topological polar surface area (TPSA) is 149 Å². The van der Waals surface area contributed by atoms with Gasteiger partial charge in [-0.3, -0.25) is 15.0 Å². The van der Waals surface area contributed by atoms with Gasteiger partial charge in [0.2, 0.25) is 5.91 Å². The Balaban J connectivity index is 1.40. The number of amidine groups is 1. The van der Waals surface area contributed by atoms with Gasteiger partial charge in [0.05, 0.1) is 24.7 Å². The van der Waals surface area contributed by atoms with Gasteiger partial charge < -0.3 is 20.5 Å². The van der Waals surface area contributed by atoms with E-state index in [2.05, 4.69) is 5.32 Å². The summed E-state index contributed by atoms with van der Waals surface area (Å²) in [6.07, 6.45) is 2.01. The number of nitrogen functional groups attached to an aromatic ring is 1. The number of Topliss-reactive ketones (excluding diaryl/α,β-unsaturated/α-hetero) is 1. The van der Waals surface area contributed by atoms with Crippen LogP contribution in [0.15, 0.2) is 103 Å². The first-order valence-corrected chi connectivity index (χ1v) is 18.4. The number of amides is 1. The maximum atomic E-state index is 14.2. The molecule has 9 nitrogen and oxygen atoms in total. The van der Waals surface area contributed by atoms with Gasteiger partial charge in [0.25, 0.3) is 0 Å². The molecular formula is C39H43N3O6S. The number of carbonyl (C=O) groups excluding carboxylic acids is 2. The minimum atomic E-state index is -3.68. The van der Waals surface area contributed by atoms with Gasteiger partial charge >= 0.3 is 0 Å². The van der Waals surface area contributed by atoms with Crippen LogP contribution in [0.25, 0.3) is 0 Å². The third kappa shape index (κ3) is 11.0. The summed E-state index contributed by atoms with van der Waals surface area (Å²) in [5.41, 5.74) is 9.30. The summed E-state index contributed by atoms with van der Waals surface area (Å²) in [6, 6.07) is 30.9. The van der Waals surface area contributed by atoms with Crippen LogP contribution in [0.1, 0.15) is 47.1 Å². The van der Waals surface area contributed by atoms with Crippen molar-refractivity contribution in [2.75, 3.05) is 19.0 Å². The molecule has 0 saturated carbocycles. The minimum absolute atomic E-state index is 0.0431. The first-order valence-electron chi connectivity index (χ1n) is 16.5. The van der Waals surface area contributed by atoms with Crippen LogP contribution in [0, 0.1) is 17.2 Å². The molecule has 4 aliphatic heterocycles. The van der Waals surface area contributed by atoms with E-state index in [1.807, 2.05) is 54.6 Å². The van der Waals surface area contributed by atoms with E-state index in [1.165, 1.54) is 0 Å². The smallest absolute Gasteiger partial charge is 0.224 e. The molecule has 0 radical (unpaired) electrons. The molecule has 4 aromatic carbocycles. The zero-order valence-electron chi connectivity index (χ0n) is 27.5. The standard InChI is InChI=1S/C39H43N3O6S/c40-38(41)32-14-8-30(9-15-32)25-42-39(44)33-22-28-10-16-35(17-11-28)47-20-4-5-21-48-36-18-12-29(13-19-36)23-34(37(43)24-33)27-49(45,46)26-31-6-2-1-3-7-31/h1-3,6-19,33-34H,4-5,20-27H2,(H3,40,41)(H,42,44)/t33-,34+/m1/s1. The molecule has 10 heteroatoms. The Morgan fingerprint density at radius 1 is 0.755 bits per heavy atom. The predicted octanol–water partition coefficient (Wildman–Crippen LogP) is 5.43. The molecular weight excluding hydrogens is 639 g/mol. The molecule has 4 N–H and O–H groups in total. The number of nitrogens with two attached hydrogens (primary N) is 1. The first-order chi connectivity index (χ1) is 23.6. The highest BCUT2D eigenvalue weighted by Crippen LogP contribution is 2.24. The number of nitrogens with one attached hydrogen (secondary N) is 2. The van der Waals surface area contributed by atoms with Gasteiger partial charge in [-0.2, -0.15) is 0 Å². The van der Waals surface area contributed by atoms with Gasteiger partial charge in [0, 0.05) is 30.4 Å². The lowest BCUT2D eigenvalue weighted by Crippen LogP contribution is -2.35. The van der Waals surface area contributed by atoms with E-state index < -0.39 is 21.7 Å². The second-order valence-electron chi connectivity index (χ2n) is 12.5. The van der Waals surface area contributed by atoms with E-state index in [-0.39, 0.29) is 54.8 Å². The number of hydrogen-bond acceptors (Lipinski definition) is 7. The highest BCUT2D eigenvalue weighted by molar-refractivity contribution is 7.90. The third-order valence-corrected chi connectivity index (χ3v) is 10.3. The van der Waals surface area contributed by atoms with E-state index >= 15 is 0 Å². The van der Waals surface area contributed by atoms with Crippen LogP contribution in [-0.4, -0.2) is 44.9 Å². The van der Waals surface area contributed by atoms with E-state index in [1.54, 1.807) is 48.5 Å². The fourth-order valence-corrected chi connectivity index (χ4v) is 7.59. The van der Waals surface area contributed by atoms with Crippen molar-refractivity contribution in [2.24, 2.45) is 17.6 Å². The molecule has 0 unspecified atom stereocenters. The first kappa shape index (κ1) is 35.3. The number of ketones is 1. The van der Waals surface area contributed by atoms with Crippen LogP contribution < -0.4 is 20.5 Å². The molecule has 4 aromatic rings. The van der Waals surface area contributed by atoms with Crippen LogP contribution in [0.5, 0.6) is 11.5 Å². The molecule has 4 aliphatic rings. The average Bonchev–Trinajstić information content (AvgIpc) is 3.09. The third-order valence-electron chi connectivity index (χ3n) is 8.58. The lowest BCUT2D eigenvalue weighted by molar-refractivity contribution is -0.130. The summed E-state index contributed by atoms with van der Waals surface area (Å²) < 4.78 is 38.8. The maximum absolute atomic E-state index is 14.2. The maximum Gasteiger partial charge on any atom is 0.224 e. The summed E-state index contributed by atoms with van der Waals surface area (Å²) in [4.78, 5) is 27.9. The second kappa shape index (κ2) is 16.9. The van der Waals surface area contributed by atoms with Crippen molar-refractivity contribution in [1.82, 2.24) is 5.32 Å². The van der Waals surface area contributed by atoms with Crippen LogP contribution in [0.3, 0.4) is 0 Å². The molecule has 0 aromatic heterocycles. The van der Waals surface area contributed by atoms with Gasteiger partial charge in [-0.1, -0.05) is 78.9 Å². The van der Waals surface area contributed by atoms with E-state index in [4.69, 9.17) is 20.6 Å². The number of carbonyl (C=O) groups is 2. The molecule has 2 atom stereocenters. The van der Waals surface area contributed by atoms with Crippen molar-refractivity contribution in [3.8, 4) is 11.5 Å². The number of rotatable bonds is 8. The zero-order chi connectivity index (χ0) is 34.6. The minimum Gasteiger partial charge on any atom is -0.494 e. The quantitative estimate of drug-likeness (QED) is 0.166. The van der Waals surface area contributed by atoms with Gasteiger partial charge in [0.1, 0.15) is 23.1 Å². The summed E-state index contributed by atoms with van der Waals surface area (Å²) in [5.74, 6) is -1.32. The summed E-state index contributed by atoms with van der Waals surface area (Å²) >= 11 is 0. The molecule has 4 heterocycles. The largest absolute Gasteiger partial charge is 0.494 e. The molecule has 49 heavy (non-hydrogen) atoms. The monoisotopic (exact) mass is 681 g/mol. The molecule has 0 fully saturated rings. The normalized spacial score (nSPS) is 17.4. The van der Waals surface area contributed by atoms with Gasteiger partial charge in [-0.15, -0.1) is 0 Å². The van der Waals surface area contributed by atoms with Crippen molar-refractivity contribution in [3.05, 3.63) is 131 Å². The molecule has 0 aliphatic carbocycles. The fraction of sp³-hybridized carbons (Fsp3) is 0.308. The number of ether oxygens (including phenoxy) is 2. The highest BCUT2D eigenvalue weighted by atomic mass is 32.2. The number of benzene rings is 4. The van der Waals surface area contributed by atoms with Crippen LogP contribution in [0.2, 0.25) is 0 Å². The predicted molar refractivity (Wildman–Crippen MR) is 190 cm³/mol. The van der Waals surface area contributed by atoms with E-state index in [0.29, 0.717) is 35.8 Å².